The van der Waals surface area contributed by atoms with Crippen molar-refractivity contribution in [2.45, 2.75) is 13.8 Å². The lowest BCUT2D eigenvalue weighted by Gasteiger charge is -2.12. The fraction of sp³-hybridized carbons (Fsp3) is 0.105. The largest absolute Gasteiger partial charge is 0.340 e. The molecular formula is C19H16ClFN4O. The quantitative estimate of drug-likeness (QED) is 0.686. The number of aromatic nitrogens is 2. The van der Waals surface area contributed by atoms with E-state index in [1.807, 2.05) is 19.1 Å². The second-order valence-electron chi connectivity index (χ2n) is 5.66. The first kappa shape index (κ1) is 17.8. The van der Waals surface area contributed by atoms with Crippen LogP contribution in [-0.4, -0.2) is 15.9 Å². The van der Waals surface area contributed by atoms with Crippen LogP contribution < -0.4 is 10.6 Å². The second-order valence-corrected chi connectivity index (χ2v) is 6.06. The van der Waals surface area contributed by atoms with E-state index in [1.54, 1.807) is 25.1 Å². The van der Waals surface area contributed by atoms with E-state index in [-0.39, 0.29) is 11.4 Å². The van der Waals surface area contributed by atoms with Crippen molar-refractivity contribution < 1.29 is 9.18 Å². The Labute approximate surface area is 155 Å². The summed E-state index contributed by atoms with van der Waals surface area (Å²) in [5, 5.41) is 6.27. The summed E-state index contributed by atoms with van der Waals surface area (Å²) >= 11 is 6.13. The van der Waals surface area contributed by atoms with E-state index in [0.29, 0.717) is 16.7 Å². The van der Waals surface area contributed by atoms with Crippen molar-refractivity contribution in [3.05, 3.63) is 76.5 Å². The lowest BCUT2D eigenvalue weighted by atomic mass is 10.2. The van der Waals surface area contributed by atoms with Crippen molar-refractivity contribution in [3.8, 4) is 0 Å². The third-order valence-corrected chi connectivity index (χ3v) is 4.13. The van der Waals surface area contributed by atoms with Crippen molar-refractivity contribution in [1.82, 2.24) is 9.97 Å². The molecule has 2 aromatic carbocycles. The lowest BCUT2D eigenvalue weighted by molar-refractivity contribution is 0.102. The van der Waals surface area contributed by atoms with Gasteiger partial charge < -0.3 is 10.6 Å². The summed E-state index contributed by atoms with van der Waals surface area (Å²) in [6, 6.07) is 12.9. The Hall–Kier alpha value is -2.99. The number of para-hydroxylation sites is 1. The molecule has 2 N–H and O–H groups in total. The highest BCUT2D eigenvalue weighted by Crippen LogP contribution is 2.25. The molecule has 7 heteroatoms. The van der Waals surface area contributed by atoms with Gasteiger partial charge in [-0.1, -0.05) is 29.8 Å². The number of nitrogens with one attached hydrogen (secondary N) is 2. The van der Waals surface area contributed by atoms with Gasteiger partial charge in [0, 0.05) is 16.8 Å². The Morgan fingerprint density at radius 2 is 1.77 bits per heavy atom. The van der Waals surface area contributed by atoms with Gasteiger partial charge in [-0.25, -0.2) is 14.4 Å². The highest BCUT2D eigenvalue weighted by atomic mass is 35.5. The number of rotatable bonds is 4. The maximum atomic E-state index is 13.7. The molecule has 5 nitrogen and oxygen atoms in total. The van der Waals surface area contributed by atoms with Crippen LogP contribution in [0.15, 0.2) is 48.5 Å². The van der Waals surface area contributed by atoms with Gasteiger partial charge in [-0.15, -0.1) is 0 Å². The van der Waals surface area contributed by atoms with Crippen LogP contribution in [-0.2, 0) is 0 Å². The maximum Gasteiger partial charge on any atom is 0.274 e. The fourth-order valence-corrected chi connectivity index (χ4v) is 2.55. The molecule has 0 aliphatic carbocycles. The first-order valence-corrected chi connectivity index (χ1v) is 8.25. The minimum absolute atomic E-state index is 0.0916. The van der Waals surface area contributed by atoms with Crippen molar-refractivity contribution in [2.24, 2.45) is 0 Å². The first-order chi connectivity index (χ1) is 12.4. The molecule has 26 heavy (non-hydrogen) atoms. The van der Waals surface area contributed by atoms with E-state index < -0.39 is 11.7 Å². The molecule has 0 aliphatic heterocycles. The van der Waals surface area contributed by atoms with Crippen LogP contribution in [0.3, 0.4) is 0 Å². The van der Waals surface area contributed by atoms with Gasteiger partial charge in [-0.2, -0.15) is 0 Å². The predicted molar refractivity (Wildman–Crippen MR) is 101 cm³/mol. The van der Waals surface area contributed by atoms with E-state index in [0.717, 1.165) is 11.3 Å². The van der Waals surface area contributed by atoms with Gasteiger partial charge in [0.15, 0.2) is 0 Å². The van der Waals surface area contributed by atoms with Gasteiger partial charge in [-0.3, -0.25) is 4.79 Å². The summed E-state index contributed by atoms with van der Waals surface area (Å²) in [7, 11) is 0. The Morgan fingerprint density at radius 3 is 2.54 bits per heavy atom. The molecule has 132 valence electrons. The summed E-state index contributed by atoms with van der Waals surface area (Å²) in [5.41, 5.74) is 1.86. The topological polar surface area (TPSA) is 66.9 Å². The van der Waals surface area contributed by atoms with Gasteiger partial charge in [-0.05, 0) is 43.7 Å². The van der Waals surface area contributed by atoms with Crippen LogP contribution >= 0.6 is 11.6 Å². The zero-order chi connectivity index (χ0) is 18.7. The summed E-state index contributed by atoms with van der Waals surface area (Å²) < 4.78 is 13.7. The second kappa shape index (κ2) is 7.49. The van der Waals surface area contributed by atoms with E-state index in [1.165, 1.54) is 18.2 Å². The highest BCUT2D eigenvalue weighted by Gasteiger charge is 2.13. The van der Waals surface area contributed by atoms with Crippen molar-refractivity contribution in [1.29, 1.82) is 0 Å². The van der Waals surface area contributed by atoms with Gasteiger partial charge in [0.2, 0.25) is 0 Å². The van der Waals surface area contributed by atoms with Crippen LogP contribution in [0.4, 0.5) is 21.6 Å². The molecule has 1 amide bonds. The molecule has 1 aromatic heterocycles. The fourth-order valence-electron chi connectivity index (χ4n) is 2.38. The monoisotopic (exact) mass is 370 g/mol. The Bertz CT molecular complexity index is 978. The normalized spacial score (nSPS) is 10.5. The number of halogens is 2. The average molecular weight is 371 g/mol. The molecule has 0 saturated carbocycles. The minimum atomic E-state index is -0.522. The number of amides is 1. The van der Waals surface area contributed by atoms with E-state index in [4.69, 9.17) is 11.6 Å². The third-order valence-electron chi connectivity index (χ3n) is 3.72. The molecule has 0 atom stereocenters. The molecule has 0 saturated heterocycles. The molecule has 0 radical (unpaired) electrons. The molecule has 3 rings (SSSR count). The van der Waals surface area contributed by atoms with Crippen LogP contribution in [0.5, 0.6) is 0 Å². The highest BCUT2D eigenvalue weighted by molar-refractivity contribution is 6.31. The standard InChI is InChI=1S/C19H16ClFN4O/c1-11-13(20)6-5-9-15(11)24-18-10-17(22-12(2)23-18)19(26)25-16-8-4-3-7-14(16)21/h3-10H,1-2H3,(H,25,26)(H,22,23,24). The van der Waals surface area contributed by atoms with Gasteiger partial charge in [0.25, 0.3) is 5.91 Å². The van der Waals surface area contributed by atoms with Crippen molar-refractivity contribution >= 4 is 34.7 Å². The Balaban J connectivity index is 1.86. The van der Waals surface area contributed by atoms with Crippen molar-refractivity contribution in [2.75, 3.05) is 10.6 Å². The summed E-state index contributed by atoms with van der Waals surface area (Å²) in [6.07, 6.45) is 0. The number of anilines is 3. The summed E-state index contributed by atoms with van der Waals surface area (Å²) in [5.74, 6) is -0.180. The number of carbonyl (C=O) groups is 1. The SMILES string of the molecule is Cc1nc(Nc2cccc(Cl)c2C)cc(C(=O)Nc2ccccc2F)n1. The lowest BCUT2D eigenvalue weighted by Crippen LogP contribution is -2.16. The van der Waals surface area contributed by atoms with E-state index in [2.05, 4.69) is 20.6 Å². The van der Waals surface area contributed by atoms with Crippen LogP contribution in [0.2, 0.25) is 5.02 Å². The summed E-state index contributed by atoms with van der Waals surface area (Å²) in [4.78, 5) is 20.8. The zero-order valence-electron chi connectivity index (χ0n) is 14.2. The number of hydrogen-bond acceptors (Lipinski definition) is 4. The van der Waals surface area contributed by atoms with Crippen LogP contribution in [0.25, 0.3) is 0 Å². The maximum absolute atomic E-state index is 13.7. The van der Waals surface area contributed by atoms with E-state index >= 15 is 0 Å². The third kappa shape index (κ3) is 3.97. The number of nitrogens with zero attached hydrogens (tertiary/aromatic N) is 2. The molecule has 0 aliphatic rings. The minimum Gasteiger partial charge on any atom is -0.340 e. The molecule has 3 aromatic rings. The predicted octanol–water partition coefficient (Wildman–Crippen LogP) is 4.88. The number of carbonyl (C=O) groups excluding carboxylic acids is 1. The zero-order valence-corrected chi connectivity index (χ0v) is 14.9. The number of hydrogen-bond donors (Lipinski definition) is 2. The van der Waals surface area contributed by atoms with Crippen LogP contribution in [0.1, 0.15) is 21.9 Å². The summed E-state index contributed by atoms with van der Waals surface area (Å²) in [6.45, 7) is 3.56. The number of benzene rings is 2. The number of aryl methyl sites for hydroxylation is 1. The van der Waals surface area contributed by atoms with E-state index in [9.17, 15) is 9.18 Å². The molecule has 0 unspecified atom stereocenters. The molecule has 0 bridgehead atoms. The van der Waals surface area contributed by atoms with Crippen LogP contribution in [0, 0.1) is 19.7 Å². The molecular weight excluding hydrogens is 355 g/mol. The van der Waals surface area contributed by atoms with Gasteiger partial charge >= 0.3 is 0 Å². The van der Waals surface area contributed by atoms with Gasteiger partial charge in [0.05, 0.1) is 5.69 Å². The Kier molecular flexibility index (Phi) is 5.14. The average Bonchev–Trinajstić information content (AvgIpc) is 2.60. The van der Waals surface area contributed by atoms with Crippen molar-refractivity contribution in [3.63, 3.8) is 0 Å². The first-order valence-electron chi connectivity index (χ1n) is 7.88. The Morgan fingerprint density at radius 1 is 1.04 bits per heavy atom. The molecule has 1 heterocycles. The molecule has 0 fully saturated rings. The smallest absolute Gasteiger partial charge is 0.274 e. The molecule has 0 spiro atoms. The van der Waals surface area contributed by atoms with Gasteiger partial charge in [0.1, 0.15) is 23.2 Å².